The first-order valence-electron chi connectivity index (χ1n) is 2.94. The van der Waals surface area contributed by atoms with Gasteiger partial charge in [-0.05, 0) is 37.9 Å². The maximum atomic E-state index is 3.48. The molecule has 0 spiro atoms. The number of hydrogen-bond donors (Lipinski definition) is 0. The van der Waals surface area contributed by atoms with Crippen molar-refractivity contribution in [1.82, 2.24) is 0 Å². The minimum absolute atomic E-state index is 0. The molecule has 1 rings (SSSR count). The summed E-state index contributed by atoms with van der Waals surface area (Å²) in [6.07, 6.45) is 0. The summed E-state index contributed by atoms with van der Waals surface area (Å²) in [5.74, 6) is 0. The summed E-state index contributed by atoms with van der Waals surface area (Å²) in [6, 6.07) is 5.96. The van der Waals surface area contributed by atoms with Crippen molar-refractivity contribution < 1.29 is 0 Å². The Hall–Kier alpha value is 2.62. The molecular formula is C7H3Br5Na. The quantitative estimate of drug-likeness (QED) is 0.336. The van der Waals surface area contributed by atoms with Crippen LogP contribution in [0.5, 0.6) is 0 Å². The van der Waals surface area contributed by atoms with Crippen molar-refractivity contribution in [2.24, 2.45) is 0 Å². The van der Waals surface area contributed by atoms with Gasteiger partial charge in [-0.15, -0.1) is 0 Å². The Bertz CT molecular complexity index is 293. The van der Waals surface area contributed by atoms with E-state index in [0.717, 1.165) is 14.5 Å². The molecule has 1 aromatic rings. The zero-order chi connectivity index (χ0) is 9.35. The van der Waals surface area contributed by atoms with Crippen molar-refractivity contribution in [3.63, 3.8) is 0 Å². The minimum Gasteiger partial charge on any atom is -0.0607 e. The van der Waals surface area contributed by atoms with Crippen LogP contribution < -0.4 is 0 Å². The monoisotopic (exact) mass is 505 g/mol. The molecule has 0 nitrogen and oxygen atoms in total. The largest absolute Gasteiger partial charge is 0.161 e. The molecule has 6 heteroatoms. The Labute approximate surface area is 142 Å². The third-order valence-electron chi connectivity index (χ3n) is 1.26. The first kappa shape index (κ1) is 15.6. The molecule has 13 heavy (non-hydrogen) atoms. The van der Waals surface area contributed by atoms with Crippen LogP contribution in [0.25, 0.3) is 0 Å². The normalized spacial score (nSPS) is 10.8. The molecule has 0 saturated carbocycles. The van der Waals surface area contributed by atoms with E-state index in [-0.39, 0.29) is 31.7 Å². The number of alkyl halides is 3. The van der Waals surface area contributed by atoms with Crippen LogP contribution in [0.3, 0.4) is 0 Å². The van der Waals surface area contributed by atoms with Crippen LogP contribution in [-0.2, 0) is 2.14 Å². The van der Waals surface area contributed by atoms with E-state index in [1.807, 2.05) is 18.2 Å². The van der Waals surface area contributed by atoms with Gasteiger partial charge < -0.3 is 0 Å². The van der Waals surface area contributed by atoms with Crippen molar-refractivity contribution in [3.8, 4) is 0 Å². The SMILES string of the molecule is Brc1cccc(C(Br)(Br)Br)c1Br.[Na]. The van der Waals surface area contributed by atoms with E-state index < -0.39 is 0 Å². The standard InChI is InChI=1S/C7H3Br5.Na/c8-5-3-1-2-4(6(5)9)7(10,11)12;/h1-3H;. The van der Waals surface area contributed by atoms with Gasteiger partial charge in [0.2, 0.25) is 0 Å². The van der Waals surface area contributed by atoms with Gasteiger partial charge in [-0.1, -0.05) is 59.9 Å². The summed E-state index contributed by atoms with van der Waals surface area (Å²) in [5, 5.41) is 0. The van der Waals surface area contributed by atoms with Crippen LogP contribution in [0.2, 0.25) is 0 Å². The number of halogens is 5. The zero-order valence-corrected chi connectivity index (χ0v) is 16.6. The van der Waals surface area contributed by atoms with Gasteiger partial charge in [0.25, 0.3) is 0 Å². The van der Waals surface area contributed by atoms with Gasteiger partial charge >= 0.3 is 0 Å². The van der Waals surface area contributed by atoms with Gasteiger partial charge in [0.15, 0.2) is 2.14 Å². The summed E-state index contributed by atoms with van der Waals surface area (Å²) in [7, 11) is 0. The molecule has 0 aliphatic carbocycles. The molecule has 0 bridgehead atoms. The Morgan fingerprint density at radius 2 is 1.54 bits per heavy atom. The van der Waals surface area contributed by atoms with Gasteiger partial charge in [0.05, 0.1) is 0 Å². The molecular weight excluding hydrogens is 507 g/mol. The molecule has 0 aliphatic rings. The van der Waals surface area contributed by atoms with Crippen LogP contribution in [0.15, 0.2) is 27.1 Å². The van der Waals surface area contributed by atoms with Crippen LogP contribution in [0.4, 0.5) is 0 Å². The molecule has 1 aromatic carbocycles. The van der Waals surface area contributed by atoms with Crippen LogP contribution in [-0.4, -0.2) is 29.6 Å². The third kappa shape index (κ3) is 4.55. The fourth-order valence-electron chi connectivity index (χ4n) is 0.723. The van der Waals surface area contributed by atoms with Crippen LogP contribution in [0.1, 0.15) is 5.56 Å². The Morgan fingerprint density at radius 3 is 1.92 bits per heavy atom. The maximum absolute atomic E-state index is 3.48. The predicted octanol–water partition coefficient (Wildman–Crippen LogP) is 5.13. The molecule has 0 atom stereocenters. The zero-order valence-electron chi connectivity index (χ0n) is 6.62. The average molecular weight is 510 g/mol. The summed E-state index contributed by atoms with van der Waals surface area (Å²) in [4.78, 5) is 0. The fourth-order valence-corrected chi connectivity index (χ4v) is 3.44. The van der Waals surface area contributed by atoms with Crippen molar-refractivity contribution in [2.45, 2.75) is 2.14 Å². The van der Waals surface area contributed by atoms with E-state index in [9.17, 15) is 0 Å². The maximum Gasteiger partial charge on any atom is 0.161 e. The average Bonchev–Trinajstić information content (AvgIpc) is 1.92. The van der Waals surface area contributed by atoms with Gasteiger partial charge in [-0.25, -0.2) is 0 Å². The first-order chi connectivity index (χ1) is 5.43. The number of hydrogen-bond acceptors (Lipinski definition) is 0. The summed E-state index contributed by atoms with van der Waals surface area (Å²) < 4.78 is 1.69. The van der Waals surface area contributed by atoms with Crippen molar-refractivity contribution in [2.75, 3.05) is 0 Å². The van der Waals surface area contributed by atoms with Gasteiger partial charge in [0, 0.05) is 44.1 Å². The molecule has 0 unspecified atom stereocenters. The fraction of sp³-hybridized carbons (Fsp3) is 0.143. The van der Waals surface area contributed by atoms with Gasteiger partial charge in [-0.3, -0.25) is 0 Å². The predicted molar refractivity (Wildman–Crippen MR) is 76.1 cm³/mol. The topological polar surface area (TPSA) is 0 Å². The number of rotatable bonds is 0. The summed E-state index contributed by atoms with van der Waals surface area (Å²) in [6.45, 7) is 0. The molecule has 0 amide bonds. The van der Waals surface area contributed by atoms with E-state index in [0.29, 0.717) is 0 Å². The first-order valence-corrected chi connectivity index (χ1v) is 6.90. The Balaban J connectivity index is 0.00000144. The molecule has 0 fully saturated rings. The van der Waals surface area contributed by atoms with E-state index in [1.54, 1.807) is 0 Å². The molecule has 0 aliphatic heterocycles. The summed E-state index contributed by atoms with van der Waals surface area (Å²) in [5.41, 5.74) is 1.08. The summed E-state index contributed by atoms with van der Waals surface area (Å²) >= 11 is 17.3. The second-order valence-corrected chi connectivity index (χ2v) is 10.5. The van der Waals surface area contributed by atoms with Gasteiger partial charge in [-0.2, -0.15) is 0 Å². The smallest absolute Gasteiger partial charge is 0.0607 e. The van der Waals surface area contributed by atoms with Crippen LogP contribution in [0, 0.1) is 0 Å². The second-order valence-electron chi connectivity index (χ2n) is 2.10. The van der Waals surface area contributed by atoms with Crippen molar-refractivity contribution in [1.29, 1.82) is 0 Å². The number of benzene rings is 1. The molecule has 1 radical (unpaired) electrons. The third-order valence-corrected chi connectivity index (χ3v) is 4.59. The molecule has 0 aromatic heterocycles. The molecule has 0 saturated heterocycles. The van der Waals surface area contributed by atoms with E-state index in [2.05, 4.69) is 79.6 Å². The van der Waals surface area contributed by atoms with Crippen molar-refractivity contribution >= 4 is 109 Å². The van der Waals surface area contributed by atoms with E-state index in [4.69, 9.17) is 0 Å². The molecule has 0 N–H and O–H groups in total. The van der Waals surface area contributed by atoms with E-state index >= 15 is 0 Å². The molecule has 0 heterocycles. The van der Waals surface area contributed by atoms with Crippen LogP contribution >= 0.6 is 79.6 Å². The Kier molecular flexibility index (Phi) is 7.66. The Morgan fingerprint density at radius 1 is 1.00 bits per heavy atom. The minimum atomic E-state index is -0.365. The molecule has 67 valence electrons. The van der Waals surface area contributed by atoms with E-state index in [1.165, 1.54) is 0 Å². The van der Waals surface area contributed by atoms with Gasteiger partial charge in [0.1, 0.15) is 0 Å². The van der Waals surface area contributed by atoms with Crippen molar-refractivity contribution in [3.05, 3.63) is 32.7 Å². The second kappa shape index (κ2) is 6.38.